The summed E-state index contributed by atoms with van der Waals surface area (Å²) in [6, 6.07) is 10.3. The first-order valence-electron chi connectivity index (χ1n) is 6.68. The van der Waals surface area contributed by atoms with Crippen molar-refractivity contribution in [1.29, 1.82) is 0 Å². The van der Waals surface area contributed by atoms with Gasteiger partial charge in [0.2, 0.25) is 5.89 Å². The topological polar surface area (TPSA) is 64.9 Å². The minimum atomic E-state index is -0.265. The summed E-state index contributed by atoms with van der Waals surface area (Å²) < 4.78 is 5.30. The molecule has 0 radical (unpaired) electrons. The largest absolute Gasteiger partial charge is 0.339 e. The lowest BCUT2D eigenvalue weighted by molar-refractivity contribution is 0.357. The van der Waals surface area contributed by atoms with Gasteiger partial charge in [0.25, 0.3) is 0 Å². The fourth-order valence-electron chi connectivity index (χ4n) is 1.94. The van der Waals surface area contributed by atoms with E-state index in [-0.39, 0.29) is 11.5 Å². The van der Waals surface area contributed by atoms with Gasteiger partial charge in [-0.3, -0.25) is 0 Å². The first-order chi connectivity index (χ1) is 9.04. The Morgan fingerprint density at radius 1 is 1.26 bits per heavy atom. The predicted octanol–water partition coefficient (Wildman–Crippen LogP) is 2.68. The van der Waals surface area contributed by atoms with Crippen molar-refractivity contribution >= 4 is 0 Å². The Hall–Kier alpha value is -1.68. The number of rotatable bonds is 5. The molecule has 2 N–H and O–H groups in total. The van der Waals surface area contributed by atoms with Gasteiger partial charge in [-0.05, 0) is 25.8 Å². The van der Waals surface area contributed by atoms with E-state index in [4.69, 9.17) is 10.3 Å². The standard InChI is InChI=1S/C15H21N3O/c1-4-12(16)10-13-17-14(18-19-13)15(2,3)11-8-6-5-7-9-11/h5-9,12H,4,10,16H2,1-3H3. The minimum absolute atomic E-state index is 0.0770. The van der Waals surface area contributed by atoms with Gasteiger partial charge in [-0.15, -0.1) is 0 Å². The zero-order valence-electron chi connectivity index (χ0n) is 11.8. The van der Waals surface area contributed by atoms with Crippen molar-refractivity contribution in [3.8, 4) is 0 Å². The second kappa shape index (κ2) is 5.53. The van der Waals surface area contributed by atoms with E-state index >= 15 is 0 Å². The summed E-state index contributed by atoms with van der Waals surface area (Å²) >= 11 is 0. The molecule has 102 valence electrons. The van der Waals surface area contributed by atoms with E-state index in [0.29, 0.717) is 18.1 Å². The van der Waals surface area contributed by atoms with Crippen LogP contribution in [0.3, 0.4) is 0 Å². The molecule has 1 aromatic carbocycles. The van der Waals surface area contributed by atoms with Crippen LogP contribution in [0.1, 0.15) is 44.5 Å². The van der Waals surface area contributed by atoms with Crippen LogP contribution in [0.5, 0.6) is 0 Å². The summed E-state index contributed by atoms with van der Waals surface area (Å²) in [6.07, 6.45) is 1.54. The van der Waals surface area contributed by atoms with E-state index in [1.165, 1.54) is 5.56 Å². The average molecular weight is 259 g/mol. The van der Waals surface area contributed by atoms with Gasteiger partial charge in [0.15, 0.2) is 5.82 Å². The number of hydrogen-bond acceptors (Lipinski definition) is 4. The maximum atomic E-state index is 5.91. The third-order valence-corrected chi connectivity index (χ3v) is 3.48. The molecule has 0 spiro atoms. The Bertz CT molecular complexity index is 519. The summed E-state index contributed by atoms with van der Waals surface area (Å²) in [7, 11) is 0. The molecule has 0 saturated heterocycles. The van der Waals surface area contributed by atoms with Gasteiger partial charge >= 0.3 is 0 Å². The van der Waals surface area contributed by atoms with Gasteiger partial charge in [-0.1, -0.05) is 42.4 Å². The highest BCUT2D eigenvalue weighted by atomic mass is 16.5. The maximum absolute atomic E-state index is 5.91. The summed E-state index contributed by atoms with van der Waals surface area (Å²) in [5.74, 6) is 1.32. The molecular formula is C15H21N3O. The summed E-state index contributed by atoms with van der Waals surface area (Å²) in [4.78, 5) is 4.49. The SMILES string of the molecule is CCC(N)Cc1nc(C(C)(C)c2ccccc2)no1. The molecule has 0 saturated carbocycles. The molecule has 4 heteroatoms. The molecule has 4 nitrogen and oxygen atoms in total. The molecule has 1 heterocycles. The molecule has 0 aliphatic rings. The van der Waals surface area contributed by atoms with Gasteiger partial charge in [-0.2, -0.15) is 4.98 Å². The van der Waals surface area contributed by atoms with Crippen molar-refractivity contribution in [1.82, 2.24) is 10.1 Å². The molecule has 0 bridgehead atoms. The molecule has 0 fully saturated rings. The molecule has 2 rings (SSSR count). The monoisotopic (exact) mass is 259 g/mol. The molecule has 1 atom stereocenters. The van der Waals surface area contributed by atoms with E-state index in [1.54, 1.807) is 0 Å². The van der Waals surface area contributed by atoms with Gasteiger partial charge in [0.05, 0.1) is 5.41 Å². The van der Waals surface area contributed by atoms with Crippen molar-refractivity contribution in [2.45, 2.75) is 45.1 Å². The zero-order chi connectivity index (χ0) is 13.9. The van der Waals surface area contributed by atoms with Crippen molar-refractivity contribution in [2.75, 3.05) is 0 Å². The second-order valence-corrected chi connectivity index (χ2v) is 5.38. The molecule has 1 unspecified atom stereocenters. The number of nitrogens with two attached hydrogens (primary N) is 1. The molecule has 0 amide bonds. The Kier molecular flexibility index (Phi) is 4.00. The first-order valence-corrected chi connectivity index (χ1v) is 6.68. The highest BCUT2D eigenvalue weighted by Crippen LogP contribution is 2.29. The smallest absolute Gasteiger partial charge is 0.228 e. The van der Waals surface area contributed by atoms with Crippen molar-refractivity contribution in [3.63, 3.8) is 0 Å². The van der Waals surface area contributed by atoms with E-state index in [0.717, 1.165) is 6.42 Å². The van der Waals surface area contributed by atoms with E-state index in [1.807, 2.05) is 18.2 Å². The van der Waals surface area contributed by atoms with Crippen molar-refractivity contribution in [2.24, 2.45) is 5.73 Å². The Labute approximate surface area is 114 Å². The van der Waals surface area contributed by atoms with Crippen molar-refractivity contribution < 1.29 is 4.52 Å². The minimum Gasteiger partial charge on any atom is -0.339 e. The van der Waals surface area contributed by atoms with Crippen molar-refractivity contribution in [3.05, 3.63) is 47.6 Å². The molecule has 0 aliphatic carbocycles. The van der Waals surface area contributed by atoms with Gasteiger partial charge in [-0.25, -0.2) is 0 Å². The number of benzene rings is 1. The van der Waals surface area contributed by atoms with E-state index in [2.05, 4.69) is 43.0 Å². The van der Waals surface area contributed by atoms with Crippen LogP contribution in [0, 0.1) is 0 Å². The summed E-state index contributed by atoms with van der Waals surface area (Å²) in [6.45, 7) is 6.24. The normalized spacial score (nSPS) is 13.5. The zero-order valence-corrected chi connectivity index (χ0v) is 11.8. The van der Waals surface area contributed by atoms with Crippen LogP contribution in [0.25, 0.3) is 0 Å². The molecular weight excluding hydrogens is 238 g/mol. The molecule has 1 aromatic heterocycles. The van der Waals surface area contributed by atoms with Gasteiger partial charge in [0.1, 0.15) is 0 Å². The number of nitrogens with zero attached hydrogens (tertiary/aromatic N) is 2. The van der Waals surface area contributed by atoms with E-state index in [9.17, 15) is 0 Å². The highest BCUT2D eigenvalue weighted by Gasteiger charge is 2.28. The van der Waals surface area contributed by atoms with Crippen LogP contribution in [0.2, 0.25) is 0 Å². The quantitative estimate of drug-likeness (QED) is 0.896. The summed E-state index contributed by atoms with van der Waals surface area (Å²) in [5.41, 5.74) is 6.81. The Morgan fingerprint density at radius 3 is 2.58 bits per heavy atom. The lowest BCUT2D eigenvalue weighted by Gasteiger charge is -2.20. The lowest BCUT2D eigenvalue weighted by Crippen LogP contribution is -2.23. The third kappa shape index (κ3) is 3.01. The third-order valence-electron chi connectivity index (χ3n) is 3.48. The van der Waals surface area contributed by atoms with Gasteiger partial charge in [0, 0.05) is 12.5 Å². The maximum Gasteiger partial charge on any atom is 0.228 e. The molecule has 0 aliphatic heterocycles. The molecule has 19 heavy (non-hydrogen) atoms. The number of aromatic nitrogens is 2. The number of hydrogen-bond donors (Lipinski definition) is 1. The van der Waals surface area contributed by atoms with E-state index < -0.39 is 0 Å². The van der Waals surface area contributed by atoms with Crippen LogP contribution in [-0.2, 0) is 11.8 Å². The lowest BCUT2D eigenvalue weighted by atomic mass is 9.84. The predicted molar refractivity (Wildman–Crippen MR) is 74.8 cm³/mol. The second-order valence-electron chi connectivity index (χ2n) is 5.38. The Morgan fingerprint density at radius 2 is 1.95 bits per heavy atom. The highest BCUT2D eigenvalue weighted by molar-refractivity contribution is 5.30. The molecule has 2 aromatic rings. The fraction of sp³-hybridized carbons (Fsp3) is 0.467. The van der Waals surface area contributed by atoms with Crippen LogP contribution >= 0.6 is 0 Å². The van der Waals surface area contributed by atoms with Crippen LogP contribution < -0.4 is 5.73 Å². The summed E-state index contributed by atoms with van der Waals surface area (Å²) in [5, 5.41) is 4.11. The van der Waals surface area contributed by atoms with Gasteiger partial charge < -0.3 is 10.3 Å². The average Bonchev–Trinajstić information content (AvgIpc) is 2.89. The fourth-order valence-corrected chi connectivity index (χ4v) is 1.94. The van der Waals surface area contributed by atoms with Crippen LogP contribution in [0.15, 0.2) is 34.9 Å². The van der Waals surface area contributed by atoms with Crippen LogP contribution in [-0.4, -0.2) is 16.2 Å². The van der Waals surface area contributed by atoms with Crippen LogP contribution in [0.4, 0.5) is 0 Å². The first kappa shape index (κ1) is 13.7. The Balaban J connectivity index is 2.22.